The van der Waals surface area contributed by atoms with Gasteiger partial charge in [0.15, 0.2) is 5.11 Å². The topological polar surface area (TPSA) is 41.9 Å². The highest BCUT2D eigenvalue weighted by molar-refractivity contribution is 7.80. The summed E-state index contributed by atoms with van der Waals surface area (Å²) in [7, 11) is 0. The molecule has 0 fully saturated rings. The van der Waals surface area contributed by atoms with Gasteiger partial charge in [-0.15, -0.1) is 0 Å². The van der Waals surface area contributed by atoms with E-state index in [1.807, 2.05) is 42.5 Å². The second-order valence-corrected chi connectivity index (χ2v) is 6.19. The molecular formula is C18H17ClN4S. The number of nitrogens with zero attached hydrogens (tertiary/aromatic N) is 2. The largest absolute Gasteiger partial charge is 0.358 e. The molecule has 2 N–H and O–H groups in total. The molecule has 2 aromatic carbocycles. The highest BCUT2D eigenvalue weighted by Gasteiger charge is 2.02. The molecule has 0 bridgehead atoms. The molecular weight excluding hydrogens is 340 g/mol. The zero-order chi connectivity index (χ0) is 16.8. The first-order valence-corrected chi connectivity index (χ1v) is 8.33. The molecule has 0 unspecified atom stereocenters. The summed E-state index contributed by atoms with van der Waals surface area (Å²) in [6.07, 6.45) is 3.43. The first kappa shape index (κ1) is 16.5. The van der Waals surface area contributed by atoms with Gasteiger partial charge in [-0.25, -0.2) is 0 Å². The van der Waals surface area contributed by atoms with Crippen molar-refractivity contribution in [2.45, 2.75) is 13.1 Å². The molecule has 3 aromatic rings. The van der Waals surface area contributed by atoms with Crippen molar-refractivity contribution in [3.05, 3.63) is 83.1 Å². The zero-order valence-corrected chi connectivity index (χ0v) is 14.5. The van der Waals surface area contributed by atoms with Gasteiger partial charge >= 0.3 is 0 Å². The van der Waals surface area contributed by atoms with Gasteiger partial charge in [0.05, 0.1) is 17.8 Å². The predicted octanol–water partition coefficient (Wildman–Crippen LogP) is 4.07. The van der Waals surface area contributed by atoms with Crippen molar-refractivity contribution in [3.8, 4) is 0 Å². The molecule has 0 atom stereocenters. The van der Waals surface area contributed by atoms with Crippen molar-refractivity contribution in [1.82, 2.24) is 15.1 Å². The van der Waals surface area contributed by atoms with Crippen molar-refractivity contribution >= 4 is 34.6 Å². The second-order valence-electron chi connectivity index (χ2n) is 5.35. The lowest BCUT2D eigenvalue weighted by molar-refractivity contribution is 0.687. The number of benzene rings is 2. The maximum absolute atomic E-state index is 5.89. The summed E-state index contributed by atoms with van der Waals surface area (Å²) in [5.41, 5.74) is 3.24. The number of anilines is 1. The van der Waals surface area contributed by atoms with Gasteiger partial charge in [-0.2, -0.15) is 5.10 Å². The molecule has 0 saturated carbocycles. The average Bonchev–Trinajstić information content (AvgIpc) is 2.99. The quantitative estimate of drug-likeness (QED) is 0.676. The van der Waals surface area contributed by atoms with Gasteiger partial charge in [0.25, 0.3) is 0 Å². The lowest BCUT2D eigenvalue weighted by Gasteiger charge is -2.12. The minimum absolute atomic E-state index is 0.595. The molecule has 24 heavy (non-hydrogen) atoms. The number of nitrogens with one attached hydrogen (secondary N) is 2. The van der Waals surface area contributed by atoms with Crippen LogP contribution < -0.4 is 10.6 Å². The standard InChI is InChI=1S/C18H17ClN4S/c19-16-11-21-23(13-16)12-15-7-4-8-17(9-15)22-18(24)20-10-14-5-2-1-3-6-14/h1-9,11,13H,10,12H2,(H2,20,22,24). The van der Waals surface area contributed by atoms with Gasteiger partial charge in [-0.05, 0) is 35.5 Å². The summed E-state index contributed by atoms with van der Waals surface area (Å²) < 4.78 is 1.80. The van der Waals surface area contributed by atoms with E-state index in [1.54, 1.807) is 17.1 Å². The third kappa shape index (κ3) is 4.81. The van der Waals surface area contributed by atoms with E-state index in [0.29, 0.717) is 23.2 Å². The van der Waals surface area contributed by atoms with Crippen LogP contribution >= 0.6 is 23.8 Å². The van der Waals surface area contributed by atoms with Crippen molar-refractivity contribution < 1.29 is 0 Å². The first-order valence-electron chi connectivity index (χ1n) is 7.55. The fourth-order valence-electron chi connectivity index (χ4n) is 2.31. The molecule has 0 aliphatic carbocycles. The number of aromatic nitrogens is 2. The van der Waals surface area contributed by atoms with E-state index in [-0.39, 0.29) is 0 Å². The maximum Gasteiger partial charge on any atom is 0.171 e. The van der Waals surface area contributed by atoms with Gasteiger partial charge in [0, 0.05) is 18.4 Å². The Morgan fingerprint density at radius 2 is 1.88 bits per heavy atom. The summed E-state index contributed by atoms with van der Waals surface area (Å²) in [4.78, 5) is 0. The molecule has 0 spiro atoms. The van der Waals surface area contributed by atoms with Crippen molar-refractivity contribution in [1.29, 1.82) is 0 Å². The number of rotatable bonds is 5. The molecule has 0 aliphatic rings. The Hall–Kier alpha value is -2.37. The Kier molecular flexibility index (Phi) is 5.46. The van der Waals surface area contributed by atoms with Crippen LogP contribution in [0.4, 0.5) is 5.69 Å². The highest BCUT2D eigenvalue weighted by Crippen LogP contribution is 2.13. The molecule has 0 radical (unpaired) electrons. The highest BCUT2D eigenvalue weighted by atomic mass is 35.5. The third-order valence-corrected chi connectivity index (χ3v) is 3.87. The van der Waals surface area contributed by atoms with Gasteiger partial charge in [-0.3, -0.25) is 4.68 Å². The van der Waals surface area contributed by atoms with E-state index in [2.05, 4.69) is 27.9 Å². The van der Waals surface area contributed by atoms with E-state index >= 15 is 0 Å². The van der Waals surface area contributed by atoms with E-state index in [0.717, 1.165) is 11.3 Å². The van der Waals surface area contributed by atoms with Crippen LogP contribution in [-0.4, -0.2) is 14.9 Å². The Bertz CT molecular complexity index is 817. The summed E-state index contributed by atoms with van der Waals surface area (Å²) in [5, 5.41) is 11.8. The molecule has 6 heteroatoms. The zero-order valence-electron chi connectivity index (χ0n) is 12.9. The molecule has 1 aromatic heterocycles. The SMILES string of the molecule is S=C(NCc1ccccc1)Nc1cccc(Cn2cc(Cl)cn2)c1. The van der Waals surface area contributed by atoms with E-state index in [9.17, 15) is 0 Å². The van der Waals surface area contributed by atoms with Gasteiger partial charge < -0.3 is 10.6 Å². The molecule has 0 saturated heterocycles. The minimum atomic E-state index is 0.595. The van der Waals surface area contributed by atoms with Crippen LogP contribution in [0, 0.1) is 0 Å². The van der Waals surface area contributed by atoms with Crippen molar-refractivity contribution in [3.63, 3.8) is 0 Å². The molecule has 122 valence electrons. The Balaban J connectivity index is 1.56. The summed E-state index contributed by atoms with van der Waals surface area (Å²) in [6, 6.07) is 18.2. The van der Waals surface area contributed by atoms with Crippen molar-refractivity contribution in [2.24, 2.45) is 0 Å². The van der Waals surface area contributed by atoms with Gasteiger partial charge in [-0.1, -0.05) is 54.1 Å². The van der Waals surface area contributed by atoms with Gasteiger partial charge in [0.1, 0.15) is 0 Å². The molecule has 3 rings (SSSR count). The van der Waals surface area contributed by atoms with E-state index in [4.69, 9.17) is 23.8 Å². The third-order valence-electron chi connectivity index (χ3n) is 3.43. The first-order chi connectivity index (χ1) is 11.7. The predicted molar refractivity (Wildman–Crippen MR) is 102 cm³/mol. The number of hydrogen-bond acceptors (Lipinski definition) is 2. The fourth-order valence-corrected chi connectivity index (χ4v) is 2.66. The minimum Gasteiger partial charge on any atom is -0.358 e. The van der Waals surface area contributed by atoms with Crippen LogP contribution in [0.5, 0.6) is 0 Å². The van der Waals surface area contributed by atoms with Gasteiger partial charge in [0.2, 0.25) is 0 Å². The smallest absolute Gasteiger partial charge is 0.171 e. The maximum atomic E-state index is 5.89. The lowest BCUT2D eigenvalue weighted by Crippen LogP contribution is -2.27. The summed E-state index contributed by atoms with van der Waals surface area (Å²) in [6.45, 7) is 1.35. The molecule has 0 amide bonds. The molecule has 0 aliphatic heterocycles. The van der Waals surface area contributed by atoms with Crippen LogP contribution in [0.15, 0.2) is 67.0 Å². The Labute approximate surface area is 151 Å². The van der Waals surface area contributed by atoms with E-state index < -0.39 is 0 Å². The number of hydrogen-bond donors (Lipinski definition) is 2. The summed E-state index contributed by atoms with van der Waals surface area (Å²) in [5.74, 6) is 0. The monoisotopic (exact) mass is 356 g/mol. The molecule has 4 nitrogen and oxygen atoms in total. The Morgan fingerprint density at radius 3 is 2.62 bits per heavy atom. The van der Waals surface area contributed by atoms with E-state index in [1.165, 1.54) is 5.56 Å². The van der Waals surface area contributed by atoms with Crippen LogP contribution in [0.2, 0.25) is 5.02 Å². The van der Waals surface area contributed by atoms with Crippen LogP contribution in [-0.2, 0) is 13.1 Å². The Morgan fingerprint density at radius 1 is 1.08 bits per heavy atom. The number of thiocarbonyl (C=S) groups is 1. The number of halogens is 1. The van der Waals surface area contributed by atoms with Crippen LogP contribution in [0.3, 0.4) is 0 Å². The van der Waals surface area contributed by atoms with Crippen LogP contribution in [0.1, 0.15) is 11.1 Å². The molecule has 1 heterocycles. The summed E-state index contributed by atoms with van der Waals surface area (Å²) >= 11 is 11.2. The average molecular weight is 357 g/mol. The second kappa shape index (κ2) is 7.95. The van der Waals surface area contributed by atoms with Crippen molar-refractivity contribution in [2.75, 3.05) is 5.32 Å². The lowest BCUT2D eigenvalue weighted by atomic mass is 10.2. The normalized spacial score (nSPS) is 10.4. The fraction of sp³-hybridized carbons (Fsp3) is 0.111. The van der Waals surface area contributed by atoms with Crippen LogP contribution in [0.25, 0.3) is 0 Å².